The van der Waals surface area contributed by atoms with Crippen LogP contribution in [0, 0.1) is 0 Å². The summed E-state index contributed by atoms with van der Waals surface area (Å²) in [4.78, 5) is 4.97. The largest absolute Gasteiger partial charge is 0.369 e. The van der Waals surface area contributed by atoms with Gasteiger partial charge >= 0.3 is 0 Å². The molecule has 0 aliphatic carbocycles. The van der Waals surface area contributed by atoms with E-state index in [1.165, 1.54) is 5.69 Å². The SMILES string of the molecule is CCC1(CC)OC[C@H](CN2CCN(c3ccccc3)CC2)O1. The number of piperazine rings is 1. The fraction of sp³-hybridized carbons (Fsp3) is 0.667. The molecule has 0 saturated carbocycles. The topological polar surface area (TPSA) is 24.9 Å². The monoisotopic (exact) mass is 304 g/mol. The van der Waals surface area contributed by atoms with Gasteiger partial charge in [-0.1, -0.05) is 32.0 Å². The van der Waals surface area contributed by atoms with Gasteiger partial charge in [0.15, 0.2) is 5.79 Å². The van der Waals surface area contributed by atoms with Gasteiger partial charge in [0, 0.05) is 38.4 Å². The maximum Gasteiger partial charge on any atom is 0.168 e. The molecule has 4 heteroatoms. The van der Waals surface area contributed by atoms with Gasteiger partial charge in [-0.3, -0.25) is 4.90 Å². The van der Waals surface area contributed by atoms with Crippen molar-refractivity contribution in [1.29, 1.82) is 0 Å². The second-order valence-corrected chi connectivity index (χ2v) is 6.29. The van der Waals surface area contributed by atoms with Crippen LogP contribution in [-0.2, 0) is 9.47 Å². The van der Waals surface area contributed by atoms with E-state index in [2.05, 4.69) is 54.0 Å². The molecule has 0 bridgehead atoms. The van der Waals surface area contributed by atoms with Crippen molar-refractivity contribution < 1.29 is 9.47 Å². The summed E-state index contributed by atoms with van der Waals surface area (Å²) >= 11 is 0. The molecule has 0 amide bonds. The minimum Gasteiger partial charge on any atom is -0.369 e. The van der Waals surface area contributed by atoms with Crippen LogP contribution in [-0.4, -0.2) is 56.1 Å². The fourth-order valence-corrected chi connectivity index (χ4v) is 3.44. The van der Waals surface area contributed by atoms with Crippen molar-refractivity contribution >= 4 is 5.69 Å². The molecule has 122 valence electrons. The third-order valence-corrected chi connectivity index (χ3v) is 4.95. The van der Waals surface area contributed by atoms with Crippen molar-refractivity contribution in [2.24, 2.45) is 0 Å². The minimum absolute atomic E-state index is 0.225. The van der Waals surface area contributed by atoms with Gasteiger partial charge in [-0.05, 0) is 25.0 Å². The highest BCUT2D eigenvalue weighted by Crippen LogP contribution is 2.30. The molecule has 4 nitrogen and oxygen atoms in total. The number of benzene rings is 1. The lowest BCUT2D eigenvalue weighted by atomic mass is 10.1. The van der Waals surface area contributed by atoms with Crippen LogP contribution in [0.3, 0.4) is 0 Å². The van der Waals surface area contributed by atoms with Gasteiger partial charge < -0.3 is 14.4 Å². The average Bonchev–Trinajstić information content (AvgIpc) is 3.00. The Morgan fingerprint density at radius 1 is 1.05 bits per heavy atom. The van der Waals surface area contributed by atoms with Crippen molar-refractivity contribution in [3.8, 4) is 0 Å². The molecule has 2 saturated heterocycles. The number of ether oxygens (including phenoxy) is 2. The zero-order chi connectivity index (χ0) is 15.4. The molecule has 1 atom stereocenters. The lowest BCUT2D eigenvalue weighted by molar-refractivity contribution is -0.173. The predicted molar refractivity (Wildman–Crippen MR) is 89.2 cm³/mol. The van der Waals surface area contributed by atoms with E-state index in [-0.39, 0.29) is 11.9 Å². The highest BCUT2D eigenvalue weighted by Gasteiger charge is 2.39. The quantitative estimate of drug-likeness (QED) is 0.835. The van der Waals surface area contributed by atoms with E-state index in [9.17, 15) is 0 Å². The molecule has 2 fully saturated rings. The summed E-state index contributed by atoms with van der Waals surface area (Å²) in [6.45, 7) is 10.4. The third kappa shape index (κ3) is 3.45. The standard InChI is InChI=1S/C18H28N2O2/c1-3-18(4-2)21-15-17(22-18)14-19-10-12-20(13-11-19)16-8-6-5-7-9-16/h5-9,17H,3-4,10-15H2,1-2H3/t17-/m0/s1. The second-order valence-electron chi connectivity index (χ2n) is 6.29. The maximum absolute atomic E-state index is 6.18. The smallest absolute Gasteiger partial charge is 0.168 e. The summed E-state index contributed by atoms with van der Waals surface area (Å²) in [5.74, 6) is -0.323. The molecule has 3 rings (SSSR count). The Labute approximate surface area is 134 Å². The Morgan fingerprint density at radius 3 is 2.32 bits per heavy atom. The molecule has 1 aromatic rings. The first-order valence-corrected chi connectivity index (χ1v) is 8.59. The normalized spacial score (nSPS) is 25.5. The third-order valence-electron chi connectivity index (χ3n) is 4.95. The number of anilines is 1. The first kappa shape index (κ1) is 15.8. The summed E-state index contributed by atoms with van der Waals surface area (Å²) < 4.78 is 12.1. The molecular weight excluding hydrogens is 276 g/mol. The van der Waals surface area contributed by atoms with Crippen molar-refractivity contribution in [2.75, 3.05) is 44.2 Å². The lowest BCUT2D eigenvalue weighted by Crippen LogP contribution is -2.49. The molecule has 1 aromatic carbocycles. The van der Waals surface area contributed by atoms with E-state index >= 15 is 0 Å². The predicted octanol–water partition coefficient (Wildman–Crippen LogP) is 2.74. The van der Waals surface area contributed by atoms with Gasteiger partial charge in [0.25, 0.3) is 0 Å². The van der Waals surface area contributed by atoms with E-state index in [0.717, 1.165) is 52.2 Å². The minimum atomic E-state index is -0.323. The van der Waals surface area contributed by atoms with Crippen LogP contribution >= 0.6 is 0 Å². The molecule has 2 aliphatic rings. The number of rotatable bonds is 5. The number of nitrogens with zero attached hydrogens (tertiary/aromatic N) is 2. The highest BCUT2D eigenvalue weighted by molar-refractivity contribution is 5.46. The van der Waals surface area contributed by atoms with Crippen molar-refractivity contribution in [2.45, 2.75) is 38.6 Å². The molecule has 0 spiro atoms. The molecule has 0 radical (unpaired) electrons. The van der Waals surface area contributed by atoms with Gasteiger partial charge in [-0.15, -0.1) is 0 Å². The molecule has 2 aliphatic heterocycles. The van der Waals surface area contributed by atoms with E-state index in [0.29, 0.717) is 0 Å². The van der Waals surface area contributed by atoms with Gasteiger partial charge in [0.1, 0.15) is 0 Å². The zero-order valence-corrected chi connectivity index (χ0v) is 13.8. The molecule has 0 unspecified atom stereocenters. The summed E-state index contributed by atoms with van der Waals surface area (Å²) in [6, 6.07) is 10.7. The lowest BCUT2D eigenvalue weighted by Gasteiger charge is -2.37. The van der Waals surface area contributed by atoms with Crippen LogP contribution in [0.5, 0.6) is 0 Å². The fourth-order valence-electron chi connectivity index (χ4n) is 3.44. The number of hydrogen-bond acceptors (Lipinski definition) is 4. The zero-order valence-electron chi connectivity index (χ0n) is 13.8. The Morgan fingerprint density at radius 2 is 1.73 bits per heavy atom. The van der Waals surface area contributed by atoms with Gasteiger partial charge in [-0.25, -0.2) is 0 Å². The van der Waals surface area contributed by atoms with Crippen LogP contribution in [0.1, 0.15) is 26.7 Å². The van der Waals surface area contributed by atoms with Crippen molar-refractivity contribution in [3.05, 3.63) is 30.3 Å². The average molecular weight is 304 g/mol. The van der Waals surface area contributed by atoms with Crippen LogP contribution < -0.4 is 4.90 Å². The second kappa shape index (κ2) is 6.99. The maximum atomic E-state index is 6.18. The van der Waals surface area contributed by atoms with E-state index in [1.54, 1.807) is 0 Å². The highest BCUT2D eigenvalue weighted by atomic mass is 16.7. The van der Waals surface area contributed by atoms with E-state index < -0.39 is 0 Å². The summed E-state index contributed by atoms with van der Waals surface area (Å²) in [5, 5.41) is 0. The molecule has 2 heterocycles. The van der Waals surface area contributed by atoms with Gasteiger partial charge in [-0.2, -0.15) is 0 Å². The summed E-state index contributed by atoms with van der Waals surface area (Å²) in [7, 11) is 0. The Kier molecular flexibility index (Phi) is 5.01. The van der Waals surface area contributed by atoms with Crippen LogP contribution in [0.4, 0.5) is 5.69 Å². The van der Waals surface area contributed by atoms with Crippen LogP contribution in [0.2, 0.25) is 0 Å². The molecule has 0 N–H and O–H groups in total. The number of para-hydroxylation sites is 1. The van der Waals surface area contributed by atoms with Crippen LogP contribution in [0.15, 0.2) is 30.3 Å². The van der Waals surface area contributed by atoms with E-state index in [4.69, 9.17) is 9.47 Å². The Bertz CT molecular complexity index is 453. The van der Waals surface area contributed by atoms with Gasteiger partial charge in [0.05, 0.1) is 12.7 Å². The first-order chi connectivity index (χ1) is 10.7. The Balaban J connectivity index is 1.47. The molecule has 0 aromatic heterocycles. The summed E-state index contributed by atoms with van der Waals surface area (Å²) in [5.41, 5.74) is 1.33. The first-order valence-electron chi connectivity index (χ1n) is 8.59. The number of hydrogen-bond donors (Lipinski definition) is 0. The van der Waals surface area contributed by atoms with E-state index in [1.807, 2.05) is 0 Å². The van der Waals surface area contributed by atoms with Gasteiger partial charge in [0.2, 0.25) is 0 Å². The summed E-state index contributed by atoms with van der Waals surface area (Å²) in [6.07, 6.45) is 2.09. The Hall–Kier alpha value is -1.10. The molecular formula is C18H28N2O2. The van der Waals surface area contributed by atoms with Crippen molar-refractivity contribution in [3.63, 3.8) is 0 Å². The van der Waals surface area contributed by atoms with Crippen LogP contribution in [0.25, 0.3) is 0 Å². The van der Waals surface area contributed by atoms with Crippen molar-refractivity contribution in [1.82, 2.24) is 4.90 Å². The molecule has 22 heavy (non-hydrogen) atoms.